The van der Waals surface area contributed by atoms with E-state index in [4.69, 9.17) is 0 Å². The number of hydrogen-bond donors (Lipinski definition) is 1. The third kappa shape index (κ3) is 2.71. The highest BCUT2D eigenvalue weighted by Gasteiger charge is 2.44. The zero-order chi connectivity index (χ0) is 15.0. The van der Waals surface area contributed by atoms with Gasteiger partial charge in [-0.2, -0.15) is 0 Å². The Kier molecular flexibility index (Phi) is 3.78. The lowest BCUT2D eigenvalue weighted by Gasteiger charge is -2.26. The number of rotatable bonds is 2. The molecule has 0 aromatic heterocycles. The fraction of sp³-hybridized carbons (Fsp3) is 0.611. The minimum Gasteiger partial charge on any atom is -0.392 e. The topological polar surface area (TPSA) is 40.5 Å². The van der Waals surface area contributed by atoms with E-state index in [9.17, 15) is 9.90 Å². The largest absolute Gasteiger partial charge is 0.392 e. The number of benzene rings is 1. The molecule has 1 N–H and O–H groups in total. The molecule has 3 heteroatoms. The summed E-state index contributed by atoms with van der Waals surface area (Å²) in [4.78, 5) is 14.7. The highest BCUT2D eigenvalue weighted by molar-refractivity contribution is 5.80. The van der Waals surface area contributed by atoms with Gasteiger partial charge in [0.25, 0.3) is 0 Å². The molecule has 1 aromatic carbocycles. The molecule has 2 fully saturated rings. The third-order valence-electron chi connectivity index (χ3n) is 5.25. The van der Waals surface area contributed by atoms with Gasteiger partial charge in [-0.05, 0) is 30.2 Å². The number of aliphatic hydroxyl groups excluding tert-OH is 1. The van der Waals surface area contributed by atoms with Crippen LogP contribution in [0.1, 0.15) is 44.6 Å². The van der Waals surface area contributed by atoms with E-state index in [1.54, 1.807) is 0 Å². The molecular formula is C18H25NO2. The first kappa shape index (κ1) is 14.6. The van der Waals surface area contributed by atoms with Crippen molar-refractivity contribution in [3.63, 3.8) is 0 Å². The number of likely N-dealkylation sites (tertiary alicyclic amines) is 1. The van der Waals surface area contributed by atoms with Gasteiger partial charge in [-0.1, -0.05) is 44.2 Å². The van der Waals surface area contributed by atoms with Crippen molar-refractivity contribution in [3.05, 3.63) is 35.9 Å². The Morgan fingerprint density at radius 2 is 1.95 bits per heavy atom. The van der Waals surface area contributed by atoms with Crippen LogP contribution in [0.4, 0.5) is 0 Å². The van der Waals surface area contributed by atoms with E-state index in [0.717, 1.165) is 32.4 Å². The fourth-order valence-electron chi connectivity index (χ4n) is 4.01. The fourth-order valence-corrected chi connectivity index (χ4v) is 4.01. The molecule has 1 amide bonds. The van der Waals surface area contributed by atoms with Crippen molar-refractivity contribution in [2.75, 3.05) is 13.1 Å². The van der Waals surface area contributed by atoms with Gasteiger partial charge in [0.15, 0.2) is 0 Å². The van der Waals surface area contributed by atoms with E-state index in [1.807, 2.05) is 11.0 Å². The summed E-state index contributed by atoms with van der Waals surface area (Å²) in [6, 6.07) is 10.5. The van der Waals surface area contributed by atoms with Gasteiger partial charge in [0.2, 0.25) is 5.91 Å². The van der Waals surface area contributed by atoms with Gasteiger partial charge >= 0.3 is 0 Å². The Bertz CT molecular complexity index is 511. The van der Waals surface area contributed by atoms with Gasteiger partial charge in [-0.25, -0.2) is 0 Å². The summed E-state index contributed by atoms with van der Waals surface area (Å²) in [6.45, 7) is 6.04. The van der Waals surface area contributed by atoms with E-state index in [-0.39, 0.29) is 17.2 Å². The van der Waals surface area contributed by atoms with Gasteiger partial charge < -0.3 is 10.0 Å². The maximum Gasteiger partial charge on any atom is 0.228 e. The molecule has 0 spiro atoms. The second-order valence-corrected chi connectivity index (χ2v) is 7.28. The van der Waals surface area contributed by atoms with Crippen molar-refractivity contribution in [1.82, 2.24) is 4.90 Å². The van der Waals surface area contributed by atoms with Crippen molar-refractivity contribution in [2.45, 2.75) is 45.1 Å². The van der Waals surface area contributed by atoms with Gasteiger partial charge in [-0.3, -0.25) is 4.79 Å². The predicted molar refractivity (Wildman–Crippen MR) is 82.9 cm³/mol. The van der Waals surface area contributed by atoms with Crippen LogP contribution in [-0.2, 0) is 4.79 Å². The number of carbonyl (C=O) groups excluding carboxylic acids is 1. The first-order valence-electron chi connectivity index (χ1n) is 8.01. The maximum absolute atomic E-state index is 12.7. The Hall–Kier alpha value is -1.35. The molecule has 0 radical (unpaired) electrons. The van der Waals surface area contributed by atoms with Crippen molar-refractivity contribution in [2.24, 2.45) is 11.3 Å². The summed E-state index contributed by atoms with van der Waals surface area (Å²) < 4.78 is 0. The first-order valence-corrected chi connectivity index (χ1v) is 8.01. The molecule has 3 nitrogen and oxygen atoms in total. The SMILES string of the molecule is CC1(C)CN(C(=O)C2CCCC2O)CC1c1ccccc1. The lowest BCUT2D eigenvalue weighted by Crippen LogP contribution is -2.38. The van der Waals surface area contributed by atoms with Crippen LogP contribution in [-0.4, -0.2) is 35.1 Å². The van der Waals surface area contributed by atoms with Crippen LogP contribution in [0.5, 0.6) is 0 Å². The highest BCUT2D eigenvalue weighted by Crippen LogP contribution is 2.43. The van der Waals surface area contributed by atoms with Gasteiger partial charge in [-0.15, -0.1) is 0 Å². The molecule has 3 atom stereocenters. The summed E-state index contributed by atoms with van der Waals surface area (Å²) in [7, 11) is 0. The molecule has 1 saturated heterocycles. The number of amides is 1. The summed E-state index contributed by atoms with van der Waals surface area (Å²) >= 11 is 0. The Morgan fingerprint density at radius 1 is 1.24 bits per heavy atom. The summed E-state index contributed by atoms with van der Waals surface area (Å²) in [5.41, 5.74) is 1.39. The lowest BCUT2D eigenvalue weighted by molar-refractivity contribution is -0.137. The van der Waals surface area contributed by atoms with Crippen LogP contribution < -0.4 is 0 Å². The molecule has 3 rings (SSSR count). The van der Waals surface area contributed by atoms with Crippen molar-refractivity contribution in [3.8, 4) is 0 Å². The van der Waals surface area contributed by atoms with E-state index >= 15 is 0 Å². The van der Waals surface area contributed by atoms with Crippen LogP contribution in [0.15, 0.2) is 30.3 Å². The number of carbonyl (C=O) groups is 1. The zero-order valence-corrected chi connectivity index (χ0v) is 13.0. The monoisotopic (exact) mass is 287 g/mol. The number of hydrogen-bond acceptors (Lipinski definition) is 2. The van der Waals surface area contributed by atoms with E-state index in [2.05, 4.69) is 38.1 Å². The minimum atomic E-state index is -0.434. The van der Waals surface area contributed by atoms with Crippen LogP contribution in [0.25, 0.3) is 0 Å². The van der Waals surface area contributed by atoms with Crippen molar-refractivity contribution < 1.29 is 9.90 Å². The highest BCUT2D eigenvalue weighted by atomic mass is 16.3. The standard InChI is InChI=1S/C18H25NO2/c1-18(2)12-19(17(21)14-9-6-10-16(14)20)11-15(18)13-7-4-3-5-8-13/h3-5,7-8,14-16,20H,6,9-12H2,1-2H3. The van der Waals surface area contributed by atoms with E-state index in [0.29, 0.717) is 5.92 Å². The van der Waals surface area contributed by atoms with Crippen molar-refractivity contribution >= 4 is 5.91 Å². The second-order valence-electron chi connectivity index (χ2n) is 7.28. The Balaban J connectivity index is 1.77. The van der Waals surface area contributed by atoms with Crippen LogP contribution in [0, 0.1) is 11.3 Å². The zero-order valence-electron chi connectivity index (χ0n) is 13.0. The number of aliphatic hydroxyl groups is 1. The van der Waals surface area contributed by atoms with Crippen LogP contribution >= 0.6 is 0 Å². The molecule has 114 valence electrons. The molecule has 21 heavy (non-hydrogen) atoms. The molecule has 1 aromatic rings. The van der Waals surface area contributed by atoms with Gasteiger partial charge in [0.1, 0.15) is 0 Å². The summed E-state index contributed by atoms with van der Waals surface area (Å²) in [5.74, 6) is 0.364. The van der Waals surface area contributed by atoms with Gasteiger partial charge in [0.05, 0.1) is 12.0 Å². The molecule has 1 heterocycles. The number of nitrogens with zero attached hydrogens (tertiary/aromatic N) is 1. The molecule has 1 aliphatic heterocycles. The Labute approximate surface area is 127 Å². The lowest BCUT2D eigenvalue weighted by atomic mass is 9.78. The second kappa shape index (κ2) is 5.45. The average Bonchev–Trinajstić information content (AvgIpc) is 3.02. The first-order chi connectivity index (χ1) is 9.99. The van der Waals surface area contributed by atoms with Crippen LogP contribution in [0.3, 0.4) is 0 Å². The van der Waals surface area contributed by atoms with E-state index < -0.39 is 6.10 Å². The van der Waals surface area contributed by atoms with Crippen molar-refractivity contribution in [1.29, 1.82) is 0 Å². The van der Waals surface area contributed by atoms with Gasteiger partial charge in [0, 0.05) is 19.0 Å². The predicted octanol–water partition coefficient (Wildman–Crippen LogP) is 2.80. The maximum atomic E-state index is 12.7. The Morgan fingerprint density at radius 3 is 2.57 bits per heavy atom. The minimum absolute atomic E-state index is 0.0839. The van der Waals surface area contributed by atoms with E-state index in [1.165, 1.54) is 5.56 Å². The molecule has 1 aliphatic carbocycles. The summed E-state index contributed by atoms with van der Waals surface area (Å²) in [6.07, 6.45) is 2.15. The molecule has 1 saturated carbocycles. The molecule has 3 unspecified atom stereocenters. The molecular weight excluding hydrogens is 262 g/mol. The summed E-state index contributed by atoms with van der Waals surface area (Å²) in [5, 5.41) is 9.99. The molecule has 0 bridgehead atoms. The smallest absolute Gasteiger partial charge is 0.228 e. The van der Waals surface area contributed by atoms with Crippen LogP contribution in [0.2, 0.25) is 0 Å². The average molecular weight is 287 g/mol. The quantitative estimate of drug-likeness (QED) is 0.908. The third-order valence-corrected chi connectivity index (χ3v) is 5.25. The molecule has 2 aliphatic rings. The normalized spacial score (nSPS) is 31.6.